The van der Waals surface area contributed by atoms with Crippen molar-refractivity contribution in [2.45, 2.75) is 23.9 Å². The number of aliphatic hydroxyl groups excluding tert-OH is 1. The molecule has 0 radical (unpaired) electrons. The molecule has 1 atom stereocenters. The third-order valence-corrected chi connectivity index (χ3v) is 6.71. The Morgan fingerprint density at radius 3 is 2.77 bits per heavy atom. The lowest BCUT2D eigenvalue weighted by Gasteiger charge is -2.26. The summed E-state index contributed by atoms with van der Waals surface area (Å²) in [4.78, 5) is 8.35. The Morgan fingerprint density at radius 1 is 1.32 bits per heavy atom. The quantitative estimate of drug-likeness (QED) is 0.368. The zero-order valence-corrected chi connectivity index (χ0v) is 18.3. The van der Waals surface area contributed by atoms with Crippen molar-refractivity contribution >= 4 is 27.8 Å². The van der Waals surface area contributed by atoms with Crippen LogP contribution in [0, 0.1) is 11.6 Å². The molecular formula is C18H23F2N5O4S2. The zero-order valence-electron chi connectivity index (χ0n) is 16.7. The molecular weight excluding hydrogens is 452 g/mol. The molecule has 3 rings (SSSR count). The van der Waals surface area contributed by atoms with Crippen LogP contribution in [0.3, 0.4) is 0 Å². The summed E-state index contributed by atoms with van der Waals surface area (Å²) in [6.45, 7) is 3.03. The second-order valence-electron chi connectivity index (χ2n) is 6.74. The van der Waals surface area contributed by atoms with Gasteiger partial charge in [0.05, 0.1) is 6.61 Å². The van der Waals surface area contributed by atoms with Crippen molar-refractivity contribution in [3.05, 3.63) is 41.5 Å². The number of benzene rings is 1. The SMILES string of the molecule is C[C@H](CO)Oc1cc(NS(=O)(=O)N2CCNCC2)nc(SCc2cccc(F)c2F)n1. The monoisotopic (exact) mass is 475 g/mol. The number of halogens is 2. The van der Waals surface area contributed by atoms with Crippen LogP contribution < -0.4 is 14.8 Å². The second kappa shape index (κ2) is 10.5. The van der Waals surface area contributed by atoms with Crippen molar-refractivity contribution in [3.63, 3.8) is 0 Å². The summed E-state index contributed by atoms with van der Waals surface area (Å²) in [7, 11) is -3.85. The highest BCUT2D eigenvalue weighted by Gasteiger charge is 2.25. The van der Waals surface area contributed by atoms with E-state index in [0.29, 0.717) is 26.2 Å². The average Bonchev–Trinajstić information content (AvgIpc) is 2.75. The second-order valence-corrected chi connectivity index (χ2v) is 9.36. The van der Waals surface area contributed by atoms with Crippen LogP contribution in [0.15, 0.2) is 29.4 Å². The van der Waals surface area contributed by atoms with Gasteiger partial charge in [0.15, 0.2) is 16.8 Å². The Labute approximate surface area is 183 Å². The molecule has 0 spiro atoms. The largest absolute Gasteiger partial charge is 0.472 e. The summed E-state index contributed by atoms with van der Waals surface area (Å²) >= 11 is 0.991. The molecule has 1 saturated heterocycles. The molecule has 1 aliphatic heterocycles. The molecule has 31 heavy (non-hydrogen) atoms. The van der Waals surface area contributed by atoms with E-state index >= 15 is 0 Å². The third kappa shape index (κ3) is 6.46. The van der Waals surface area contributed by atoms with Gasteiger partial charge in [0, 0.05) is 43.6 Å². The van der Waals surface area contributed by atoms with E-state index in [1.165, 1.54) is 22.5 Å². The molecule has 1 aromatic carbocycles. The van der Waals surface area contributed by atoms with Gasteiger partial charge in [0.1, 0.15) is 11.9 Å². The summed E-state index contributed by atoms with van der Waals surface area (Å²) < 4.78 is 61.9. The van der Waals surface area contributed by atoms with E-state index in [9.17, 15) is 22.3 Å². The first-order valence-electron chi connectivity index (χ1n) is 9.49. The molecule has 1 aliphatic rings. The molecule has 2 aromatic rings. The fourth-order valence-corrected chi connectivity index (χ4v) is 4.69. The van der Waals surface area contributed by atoms with Crippen LogP contribution >= 0.6 is 11.8 Å². The number of piperazine rings is 1. The smallest absolute Gasteiger partial charge is 0.302 e. The number of rotatable bonds is 9. The van der Waals surface area contributed by atoms with Crippen molar-refractivity contribution in [1.82, 2.24) is 19.6 Å². The molecule has 170 valence electrons. The number of hydrogen-bond donors (Lipinski definition) is 3. The van der Waals surface area contributed by atoms with E-state index in [1.54, 1.807) is 6.92 Å². The summed E-state index contributed by atoms with van der Waals surface area (Å²) in [6, 6.07) is 5.16. The molecule has 13 heteroatoms. The molecule has 0 unspecified atom stereocenters. The number of nitrogens with zero attached hydrogens (tertiary/aromatic N) is 3. The molecule has 0 bridgehead atoms. The molecule has 0 saturated carbocycles. The van der Waals surface area contributed by atoms with Crippen LogP contribution in [0.5, 0.6) is 5.88 Å². The van der Waals surface area contributed by atoms with Gasteiger partial charge < -0.3 is 15.2 Å². The summed E-state index contributed by atoms with van der Waals surface area (Å²) in [5.41, 5.74) is 0.117. The summed E-state index contributed by atoms with van der Waals surface area (Å²) in [5, 5.41) is 12.4. The van der Waals surface area contributed by atoms with E-state index in [2.05, 4.69) is 20.0 Å². The highest BCUT2D eigenvalue weighted by atomic mass is 32.2. The fourth-order valence-electron chi connectivity index (χ4n) is 2.71. The van der Waals surface area contributed by atoms with Gasteiger partial charge in [-0.25, -0.2) is 13.8 Å². The molecule has 9 nitrogen and oxygen atoms in total. The van der Waals surface area contributed by atoms with Crippen molar-refractivity contribution in [3.8, 4) is 5.88 Å². The van der Waals surface area contributed by atoms with Crippen LogP contribution in [0.1, 0.15) is 12.5 Å². The first kappa shape index (κ1) is 23.6. The Hall–Kier alpha value is -2.06. The van der Waals surface area contributed by atoms with Gasteiger partial charge in [-0.3, -0.25) is 4.72 Å². The Kier molecular flexibility index (Phi) is 8.00. The lowest BCUT2D eigenvalue weighted by atomic mass is 10.2. The van der Waals surface area contributed by atoms with Gasteiger partial charge >= 0.3 is 10.2 Å². The van der Waals surface area contributed by atoms with E-state index in [4.69, 9.17) is 4.74 Å². The maximum atomic E-state index is 13.9. The lowest BCUT2D eigenvalue weighted by Crippen LogP contribution is -2.48. The predicted octanol–water partition coefficient (Wildman–Crippen LogP) is 1.37. The number of hydrogen-bond acceptors (Lipinski definition) is 8. The van der Waals surface area contributed by atoms with Crippen molar-refractivity contribution in [2.24, 2.45) is 0 Å². The highest BCUT2D eigenvalue weighted by Crippen LogP contribution is 2.26. The topological polar surface area (TPSA) is 117 Å². The molecule has 2 heterocycles. The Morgan fingerprint density at radius 2 is 2.06 bits per heavy atom. The van der Waals surface area contributed by atoms with Gasteiger partial charge in [-0.15, -0.1) is 0 Å². The Bertz CT molecular complexity index is 1010. The molecule has 0 amide bonds. The predicted molar refractivity (Wildman–Crippen MR) is 112 cm³/mol. The van der Waals surface area contributed by atoms with Crippen molar-refractivity contribution < 1.29 is 27.0 Å². The minimum atomic E-state index is -3.85. The lowest BCUT2D eigenvalue weighted by molar-refractivity contribution is 0.124. The van der Waals surface area contributed by atoms with E-state index in [-0.39, 0.29) is 34.8 Å². The third-order valence-electron chi connectivity index (χ3n) is 4.30. The number of aromatic nitrogens is 2. The van der Waals surface area contributed by atoms with Crippen molar-refractivity contribution in [1.29, 1.82) is 0 Å². The number of thioether (sulfide) groups is 1. The molecule has 1 aromatic heterocycles. The molecule has 1 fully saturated rings. The first-order valence-corrected chi connectivity index (χ1v) is 11.9. The summed E-state index contributed by atoms with van der Waals surface area (Å²) in [5.74, 6) is -1.90. The van der Waals surface area contributed by atoms with E-state index in [0.717, 1.165) is 17.8 Å². The van der Waals surface area contributed by atoms with Crippen molar-refractivity contribution in [2.75, 3.05) is 37.5 Å². The van der Waals surface area contributed by atoms with Crippen LogP contribution in [0.2, 0.25) is 0 Å². The summed E-state index contributed by atoms with van der Waals surface area (Å²) in [6.07, 6.45) is -0.592. The number of anilines is 1. The normalized spacial score (nSPS) is 16.1. The minimum Gasteiger partial charge on any atom is -0.472 e. The number of aliphatic hydroxyl groups is 1. The minimum absolute atomic E-state index is 0.0204. The number of ether oxygens (including phenoxy) is 1. The zero-order chi connectivity index (χ0) is 22.4. The number of nitrogens with one attached hydrogen (secondary N) is 2. The fraction of sp³-hybridized carbons (Fsp3) is 0.444. The highest BCUT2D eigenvalue weighted by molar-refractivity contribution is 7.98. The van der Waals surface area contributed by atoms with E-state index in [1.807, 2.05) is 0 Å². The van der Waals surface area contributed by atoms with Gasteiger partial charge in [-0.05, 0) is 13.0 Å². The standard InChI is InChI=1S/C18H23F2N5O4S2/c1-12(10-26)29-16-9-15(24-31(27,28)25-7-5-21-6-8-25)22-18(23-16)30-11-13-3-2-4-14(19)17(13)20/h2-4,9,12,21,26H,5-8,10-11H2,1H3,(H,22,23,24)/t12-/m1/s1. The maximum Gasteiger partial charge on any atom is 0.302 e. The van der Waals surface area contributed by atoms with Gasteiger partial charge in [0.2, 0.25) is 5.88 Å². The average molecular weight is 476 g/mol. The van der Waals surface area contributed by atoms with Gasteiger partial charge in [-0.1, -0.05) is 23.9 Å². The van der Waals surface area contributed by atoms with Gasteiger partial charge in [-0.2, -0.15) is 17.7 Å². The van der Waals surface area contributed by atoms with Crippen LogP contribution in [-0.2, 0) is 16.0 Å². The first-order chi connectivity index (χ1) is 14.8. The molecule has 3 N–H and O–H groups in total. The Balaban J connectivity index is 1.82. The maximum absolute atomic E-state index is 13.9. The van der Waals surface area contributed by atoms with Gasteiger partial charge in [0.25, 0.3) is 0 Å². The van der Waals surface area contributed by atoms with Crippen LogP contribution in [-0.4, -0.2) is 66.7 Å². The van der Waals surface area contributed by atoms with E-state index < -0.39 is 27.9 Å². The van der Waals surface area contributed by atoms with Crippen LogP contribution in [0.4, 0.5) is 14.6 Å². The molecule has 0 aliphatic carbocycles. The van der Waals surface area contributed by atoms with Crippen LogP contribution in [0.25, 0.3) is 0 Å².